The van der Waals surface area contributed by atoms with Crippen molar-refractivity contribution in [3.05, 3.63) is 69.5 Å². The Bertz CT molecular complexity index is 853. The minimum absolute atomic E-state index is 0.127. The summed E-state index contributed by atoms with van der Waals surface area (Å²) in [5.74, 6) is -1.40. The lowest BCUT2D eigenvalue weighted by molar-refractivity contribution is 0.0600. The largest absolute Gasteiger partial charge is 0.465 e. The molecule has 1 aliphatic rings. The zero-order chi connectivity index (χ0) is 18.1. The average molecular weight is 362 g/mol. The Kier molecular flexibility index (Phi) is 4.77. The Hall–Kier alpha value is -2.40. The average Bonchev–Trinajstić information content (AvgIpc) is 3.05. The Morgan fingerprint density at radius 2 is 2.04 bits per heavy atom. The first-order valence-electron chi connectivity index (χ1n) is 7.86. The third-order valence-corrected chi connectivity index (χ3v) is 4.97. The van der Waals surface area contributed by atoms with Crippen LogP contribution >= 0.6 is 11.6 Å². The van der Waals surface area contributed by atoms with E-state index in [9.17, 15) is 14.0 Å². The quantitative estimate of drug-likeness (QED) is 0.775. The highest BCUT2D eigenvalue weighted by Crippen LogP contribution is 2.37. The van der Waals surface area contributed by atoms with Crippen molar-refractivity contribution in [3.8, 4) is 0 Å². The van der Waals surface area contributed by atoms with E-state index in [0.717, 1.165) is 24.0 Å². The predicted molar refractivity (Wildman–Crippen MR) is 92.3 cm³/mol. The SMILES string of the molecule is COC(=O)c1ccc2c(c1)[C@H](N(C)C(=O)c1cccc(F)c1Cl)CC2. The van der Waals surface area contributed by atoms with Gasteiger partial charge in [-0.05, 0) is 48.2 Å². The van der Waals surface area contributed by atoms with Crippen LogP contribution < -0.4 is 0 Å². The van der Waals surface area contributed by atoms with Gasteiger partial charge in [-0.2, -0.15) is 0 Å². The zero-order valence-electron chi connectivity index (χ0n) is 13.9. The van der Waals surface area contributed by atoms with Gasteiger partial charge in [0.2, 0.25) is 0 Å². The van der Waals surface area contributed by atoms with E-state index in [4.69, 9.17) is 16.3 Å². The molecule has 0 radical (unpaired) electrons. The molecule has 4 nitrogen and oxygen atoms in total. The number of amides is 1. The molecule has 0 unspecified atom stereocenters. The molecular formula is C19H17ClFNO3. The molecule has 2 aromatic rings. The summed E-state index contributed by atoms with van der Waals surface area (Å²) in [6, 6.07) is 9.34. The summed E-state index contributed by atoms with van der Waals surface area (Å²) in [4.78, 5) is 26.1. The number of fused-ring (bicyclic) bond motifs is 1. The van der Waals surface area contributed by atoms with Gasteiger partial charge in [-0.1, -0.05) is 23.7 Å². The van der Waals surface area contributed by atoms with E-state index in [1.54, 1.807) is 24.1 Å². The number of esters is 1. The van der Waals surface area contributed by atoms with Crippen LogP contribution in [0.1, 0.15) is 44.3 Å². The second-order valence-electron chi connectivity index (χ2n) is 5.98. The van der Waals surface area contributed by atoms with Crippen molar-refractivity contribution < 1.29 is 18.7 Å². The highest BCUT2D eigenvalue weighted by molar-refractivity contribution is 6.34. The van der Waals surface area contributed by atoms with Gasteiger partial charge in [0, 0.05) is 7.05 Å². The normalized spacial score (nSPS) is 15.6. The van der Waals surface area contributed by atoms with Crippen molar-refractivity contribution >= 4 is 23.5 Å². The van der Waals surface area contributed by atoms with Crippen LogP contribution in [-0.2, 0) is 11.2 Å². The number of nitrogens with zero attached hydrogens (tertiary/aromatic N) is 1. The van der Waals surface area contributed by atoms with Gasteiger partial charge in [0.15, 0.2) is 0 Å². The smallest absolute Gasteiger partial charge is 0.337 e. The number of methoxy groups -OCH3 is 1. The van der Waals surface area contributed by atoms with E-state index in [2.05, 4.69) is 0 Å². The number of aryl methyl sites for hydroxylation is 1. The third-order valence-electron chi connectivity index (χ3n) is 4.58. The van der Waals surface area contributed by atoms with E-state index in [1.165, 1.54) is 25.3 Å². The fourth-order valence-electron chi connectivity index (χ4n) is 3.23. The van der Waals surface area contributed by atoms with E-state index in [-0.39, 0.29) is 22.5 Å². The molecule has 6 heteroatoms. The van der Waals surface area contributed by atoms with Gasteiger partial charge >= 0.3 is 5.97 Å². The zero-order valence-corrected chi connectivity index (χ0v) is 14.6. The summed E-state index contributed by atoms with van der Waals surface area (Å²) in [5.41, 5.74) is 2.56. The van der Waals surface area contributed by atoms with E-state index in [0.29, 0.717) is 5.56 Å². The van der Waals surface area contributed by atoms with Crippen molar-refractivity contribution in [2.24, 2.45) is 0 Å². The fourth-order valence-corrected chi connectivity index (χ4v) is 3.43. The lowest BCUT2D eigenvalue weighted by Gasteiger charge is -2.26. The van der Waals surface area contributed by atoms with E-state index < -0.39 is 11.8 Å². The molecule has 1 amide bonds. The topological polar surface area (TPSA) is 46.6 Å². The number of ether oxygens (including phenoxy) is 1. The highest BCUT2D eigenvalue weighted by atomic mass is 35.5. The third kappa shape index (κ3) is 3.12. The molecule has 0 saturated heterocycles. The van der Waals surface area contributed by atoms with Gasteiger partial charge in [-0.15, -0.1) is 0 Å². The fraction of sp³-hybridized carbons (Fsp3) is 0.263. The van der Waals surface area contributed by atoms with Crippen molar-refractivity contribution in [3.63, 3.8) is 0 Å². The lowest BCUT2D eigenvalue weighted by atomic mass is 10.0. The molecule has 2 aromatic carbocycles. The van der Waals surface area contributed by atoms with Crippen LogP contribution in [-0.4, -0.2) is 30.9 Å². The molecule has 0 aliphatic heterocycles. The number of halogens is 2. The Balaban J connectivity index is 1.93. The van der Waals surface area contributed by atoms with Gasteiger partial charge in [-0.25, -0.2) is 9.18 Å². The van der Waals surface area contributed by atoms with Crippen LogP contribution in [0, 0.1) is 5.82 Å². The number of hydrogen-bond acceptors (Lipinski definition) is 3. The summed E-state index contributed by atoms with van der Waals surface area (Å²) >= 11 is 5.94. The van der Waals surface area contributed by atoms with E-state index >= 15 is 0 Å². The molecule has 0 fully saturated rings. The molecule has 130 valence electrons. The van der Waals surface area contributed by atoms with Gasteiger partial charge in [0.05, 0.1) is 29.3 Å². The number of carbonyl (C=O) groups is 2. The van der Waals surface area contributed by atoms with Crippen LogP contribution in [0.3, 0.4) is 0 Å². The Morgan fingerprint density at radius 1 is 1.28 bits per heavy atom. The van der Waals surface area contributed by atoms with Crippen LogP contribution in [0.5, 0.6) is 0 Å². The molecular weight excluding hydrogens is 345 g/mol. The number of hydrogen-bond donors (Lipinski definition) is 0. The van der Waals surface area contributed by atoms with E-state index in [1.807, 2.05) is 6.07 Å². The molecule has 0 heterocycles. The number of rotatable bonds is 3. The predicted octanol–water partition coefficient (Wildman–Crippen LogP) is 4.03. The molecule has 0 spiro atoms. The Labute approximate surface area is 150 Å². The summed E-state index contributed by atoms with van der Waals surface area (Å²) in [5, 5.41) is -0.180. The minimum atomic E-state index is -0.624. The molecule has 0 N–H and O–H groups in total. The Morgan fingerprint density at radius 3 is 2.76 bits per heavy atom. The number of benzene rings is 2. The van der Waals surface area contributed by atoms with Crippen LogP contribution in [0.2, 0.25) is 5.02 Å². The maximum Gasteiger partial charge on any atom is 0.337 e. The lowest BCUT2D eigenvalue weighted by Crippen LogP contribution is -2.30. The van der Waals surface area contributed by atoms with Crippen LogP contribution in [0.4, 0.5) is 4.39 Å². The van der Waals surface area contributed by atoms with Crippen molar-refractivity contribution in [1.29, 1.82) is 0 Å². The van der Waals surface area contributed by atoms with Crippen LogP contribution in [0.25, 0.3) is 0 Å². The first kappa shape index (κ1) is 17.4. The summed E-state index contributed by atoms with van der Waals surface area (Å²) in [6.07, 6.45) is 1.53. The van der Waals surface area contributed by atoms with Gasteiger partial charge in [-0.3, -0.25) is 4.79 Å². The molecule has 0 saturated carbocycles. The second-order valence-corrected chi connectivity index (χ2v) is 6.36. The maximum atomic E-state index is 13.6. The van der Waals surface area contributed by atoms with Crippen molar-refractivity contribution in [2.45, 2.75) is 18.9 Å². The maximum absolute atomic E-state index is 13.6. The molecule has 1 atom stereocenters. The summed E-state index contributed by atoms with van der Waals surface area (Å²) in [6.45, 7) is 0. The minimum Gasteiger partial charge on any atom is -0.465 e. The van der Waals surface area contributed by atoms with Gasteiger partial charge in [0.25, 0.3) is 5.91 Å². The summed E-state index contributed by atoms with van der Waals surface area (Å²) < 4.78 is 18.4. The standard InChI is InChI=1S/C19H17ClFNO3/c1-22(18(23)13-4-3-5-15(21)17(13)20)16-9-8-11-6-7-12(10-14(11)16)19(24)25-2/h3-7,10,16H,8-9H2,1-2H3/t16-/m1/s1. The van der Waals surface area contributed by atoms with Crippen molar-refractivity contribution in [2.75, 3.05) is 14.2 Å². The van der Waals surface area contributed by atoms with Gasteiger partial charge in [0.1, 0.15) is 5.82 Å². The molecule has 25 heavy (non-hydrogen) atoms. The molecule has 3 rings (SSSR count). The van der Waals surface area contributed by atoms with Crippen molar-refractivity contribution in [1.82, 2.24) is 4.90 Å². The molecule has 1 aliphatic carbocycles. The second kappa shape index (κ2) is 6.84. The monoisotopic (exact) mass is 361 g/mol. The first-order chi connectivity index (χ1) is 11.9. The summed E-state index contributed by atoms with van der Waals surface area (Å²) in [7, 11) is 2.99. The molecule has 0 bridgehead atoms. The number of carbonyl (C=O) groups excluding carboxylic acids is 2. The molecule has 0 aromatic heterocycles. The van der Waals surface area contributed by atoms with Crippen LogP contribution in [0.15, 0.2) is 36.4 Å². The first-order valence-corrected chi connectivity index (χ1v) is 8.24. The van der Waals surface area contributed by atoms with Gasteiger partial charge < -0.3 is 9.64 Å². The highest BCUT2D eigenvalue weighted by Gasteiger charge is 2.31.